The van der Waals surface area contributed by atoms with Crippen LogP contribution in [0.5, 0.6) is 0 Å². The van der Waals surface area contributed by atoms with E-state index in [4.69, 9.17) is 14.2 Å². The number of carbonyl (C=O) groups excluding carboxylic acids is 3. The van der Waals surface area contributed by atoms with Crippen LogP contribution in [0.25, 0.3) is 0 Å². The van der Waals surface area contributed by atoms with E-state index in [1.807, 2.05) is 0 Å². The zero-order chi connectivity index (χ0) is 55.0. The summed E-state index contributed by atoms with van der Waals surface area (Å²) < 4.78 is 16.9. The Morgan fingerprint density at radius 1 is 0.276 bits per heavy atom. The normalized spacial score (nSPS) is 12.4. The Labute approximate surface area is 472 Å². The van der Waals surface area contributed by atoms with Crippen molar-refractivity contribution in [2.24, 2.45) is 0 Å². The third-order valence-electron chi connectivity index (χ3n) is 14.8. The van der Waals surface area contributed by atoms with Gasteiger partial charge >= 0.3 is 17.9 Å². The number of allylic oxidation sites excluding steroid dienone is 10. The standard InChI is InChI=1S/C70H126O6/c1-4-7-10-13-16-19-22-25-27-29-31-33-35-37-39-41-43-45-48-51-54-57-60-63-69(72)75-66-67(65-74-68(71)62-59-56-53-50-47-24-21-18-15-12-9-6-3)76-70(73)64-61-58-55-52-49-46-44-42-40-38-36-34-32-30-28-26-23-20-17-14-11-8-5-2/h7,10,16,19,25,27,31,33,37,39,67H,4-6,8-9,11-15,17-18,20-24,26,28-30,32,34-36,38,40-66H2,1-3H3/b10-7-,19-16-,27-25-,33-31-,39-37-. The number of hydrogen-bond acceptors (Lipinski definition) is 6. The molecule has 0 spiro atoms. The molecular weight excluding hydrogens is 937 g/mol. The fraction of sp³-hybridized carbons (Fsp3) is 0.814. The van der Waals surface area contributed by atoms with Gasteiger partial charge in [-0.25, -0.2) is 0 Å². The van der Waals surface area contributed by atoms with Crippen molar-refractivity contribution in [3.63, 3.8) is 0 Å². The molecule has 0 rings (SSSR count). The van der Waals surface area contributed by atoms with E-state index in [1.165, 1.54) is 212 Å². The van der Waals surface area contributed by atoms with Gasteiger partial charge < -0.3 is 14.2 Å². The first-order valence-electron chi connectivity index (χ1n) is 33.3. The minimum atomic E-state index is -0.776. The lowest BCUT2D eigenvalue weighted by atomic mass is 10.0. The second-order valence-electron chi connectivity index (χ2n) is 22.4. The van der Waals surface area contributed by atoms with Crippen molar-refractivity contribution in [2.75, 3.05) is 13.2 Å². The van der Waals surface area contributed by atoms with Gasteiger partial charge in [-0.15, -0.1) is 0 Å². The topological polar surface area (TPSA) is 78.9 Å². The maximum absolute atomic E-state index is 12.9. The van der Waals surface area contributed by atoms with Gasteiger partial charge in [0.15, 0.2) is 6.10 Å². The number of carbonyl (C=O) groups is 3. The van der Waals surface area contributed by atoms with Gasteiger partial charge in [0.05, 0.1) is 0 Å². The molecular formula is C70H126O6. The van der Waals surface area contributed by atoms with E-state index in [-0.39, 0.29) is 31.1 Å². The second-order valence-corrected chi connectivity index (χ2v) is 22.4. The molecule has 0 saturated heterocycles. The molecule has 0 amide bonds. The van der Waals surface area contributed by atoms with Crippen LogP contribution in [0.3, 0.4) is 0 Å². The predicted molar refractivity (Wildman–Crippen MR) is 330 cm³/mol. The number of ether oxygens (including phenoxy) is 3. The van der Waals surface area contributed by atoms with Crippen LogP contribution in [0, 0.1) is 0 Å². The van der Waals surface area contributed by atoms with Crippen LogP contribution in [0.1, 0.15) is 348 Å². The monoisotopic (exact) mass is 1060 g/mol. The fourth-order valence-electron chi connectivity index (χ4n) is 9.83. The van der Waals surface area contributed by atoms with E-state index in [0.717, 1.165) is 96.3 Å². The van der Waals surface area contributed by atoms with Crippen molar-refractivity contribution in [3.8, 4) is 0 Å². The Bertz CT molecular complexity index is 1360. The SMILES string of the molecule is CC/C=C\C/C=C\C/C=C\C/C=C\C/C=C\CCCCCCCCCC(=O)OCC(COC(=O)CCCCCCCCCCCCCC)OC(=O)CCCCCCCCCCCCCCCCCCCCCCCCC. The van der Waals surface area contributed by atoms with Crippen LogP contribution in [-0.2, 0) is 28.6 Å². The summed E-state index contributed by atoms with van der Waals surface area (Å²) >= 11 is 0. The average molecular weight is 1060 g/mol. The molecule has 1 atom stereocenters. The molecule has 76 heavy (non-hydrogen) atoms. The van der Waals surface area contributed by atoms with E-state index in [9.17, 15) is 14.4 Å². The smallest absolute Gasteiger partial charge is 0.306 e. The van der Waals surface area contributed by atoms with Crippen LogP contribution >= 0.6 is 0 Å². The van der Waals surface area contributed by atoms with E-state index in [2.05, 4.69) is 81.5 Å². The summed E-state index contributed by atoms with van der Waals surface area (Å²) in [7, 11) is 0. The molecule has 0 saturated carbocycles. The Kier molecular flexibility index (Phi) is 62.2. The van der Waals surface area contributed by atoms with Crippen LogP contribution < -0.4 is 0 Å². The second kappa shape index (κ2) is 64.6. The number of rotatable bonds is 61. The average Bonchev–Trinajstić information content (AvgIpc) is 3.42. The summed E-state index contributed by atoms with van der Waals surface area (Å²) in [4.78, 5) is 38.3. The Morgan fingerprint density at radius 3 is 0.803 bits per heavy atom. The van der Waals surface area contributed by atoms with Crippen molar-refractivity contribution >= 4 is 17.9 Å². The van der Waals surface area contributed by atoms with E-state index >= 15 is 0 Å². The molecule has 0 aromatic rings. The molecule has 0 aliphatic carbocycles. The fourth-order valence-corrected chi connectivity index (χ4v) is 9.83. The third-order valence-corrected chi connectivity index (χ3v) is 14.8. The van der Waals surface area contributed by atoms with Gasteiger partial charge in [0.25, 0.3) is 0 Å². The van der Waals surface area contributed by atoms with Crippen molar-refractivity contribution in [1.29, 1.82) is 0 Å². The van der Waals surface area contributed by atoms with Crippen LogP contribution in [0.15, 0.2) is 60.8 Å². The number of unbranched alkanes of at least 4 members (excludes halogenated alkanes) is 40. The largest absolute Gasteiger partial charge is 0.462 e. The summed E-state index contributed by atoms with van der Waals surface area (Å²) in [5.74, 6) is -0.862. The zero-order valence-corrected chi connectivity index (χ0v) is 50.8. The van der Waals surface area contributed by atoms with E-state index in [1.54, 1.807) is 0 Å². The quantitative estimate of drug-likeness (QED) is 0.0261. The zero-order valence-electron chi connectivity index (χ0n) is 50.8. The Balaban J connectivity index is 4.28. The maximum atomic E-state index is 12.9. The molecule has 0 radical (unpaired) electrons. The van der Waals surface area contributed by atoms with Crippen molar-refractivity contribution in [1.82, 2.24) is 0 Å². The van der Waals surface area contributed by atoms with Gasteiger partial charge in [-0.1, -0.05) is 326 Å². The van der Waals surface area contributed by atoms with Gasteiger partial charge in [0.2, 0.25) is 0 Å². The van der Waals surface area contributed by atoms with E-state index < -0.39 is 6.10 Å². The molecule has 6 nitrogen and oxygen atoms in total. The third kappa shape index (κ3) is 62.0. The molecule has 442 valence electrons. The van der Waals surface area contributed by atoms with Crippen LogP contribution in [0.4, 0.5) is 0 Å². The summed E-state index contributed by atoms with van der Waals surface area (Å²) in [6, 6.07) is 0. The Morgan fingerprint density at radius 2 is 0.513 bits per heavy atom. The maximum Gasteiger partial charge on any atom is 0.306 e. The van der Waals surface area contributed by atoms with Gasteiger partial charge in [0, 0.05) is 19.3 Å². The van der Waals surface area contributed by atoms with Crippen molar-refractivity contribution < 1.29 is 28.6 Å². The lowest BCUT2D eigenvalue weighted by Gasteiger charge is -2.18. The van der Waals surface area contributed by atoms with Gasteiger partial charge in [-0.3, -0.25) is 14.4 Å². The van der Waals surface area contributed by atoms with Crippen LogP contribution in [-0.4, -0.2) is 37.2 Å². The van der Waals surface area contributed by atoms with Gasteiger partial charge in [0.1, 0.15) is 13.2 Å². The molecule has 0 aliphatic rings. The number of esters is 3. The molecule has 0 heterocycles. The summed E-state index contributed by atoms with van der Waals surface area (Å²) in [6.45, 7) is 6.57. The lowest BCUT2D eigenvalue weighted by Crippen LogP contribution is -2.30. The molecule has 0 aliphatic heterocycles. The number of hydrogen-bond donors (Lipinski definition) is 0. The minimum absolute atomic E-state index is 0.0728. The summed E-state index contributed by atoms with van der Waals surface area (Å²) in [5, 5.41) is 0. The summed E-state index contributed by atoms with van der Waals surface area (Å²) in [6.07, 6.45) is 82.3. The minimum Gasteiger partial charge on any atom is -0.462 e. The van der Waals surface area contributed by atoms with Gasteiger partial charge in [-0.2, -0.15) is 0 Å². The van der Waals surface area contributed by atoms with Gasteiger partial charge in [-0.05, 0) is 64.2 Å². The first-order valence-corrected chi connectivity index (χ1v) is 33.3. The highest BCUT2D eigenvalue weighted by Gasteiger charge is 2.19. The van der Waals surface area contributed by atoms with E-state index in [0.29, 0.717) is 19.3 Å². The summed E-state index contributed by atoms with van der Waals surface area (Å²) in [5.41, 5.74) is 0. The molecule has 1 unspecified atom stereocenters. The van der Waals surface area contributed by atoms with Crippen molar-refractivity contribution in [3.05, 3.63) is 60.8 Å². The molecule has 6 heteroatoms. The first-order chi connectivity index (χ1) is 37.5. The lowest BCUT2D eigenvalue weighted by molar-refractivity contribution is -0.167. The first kappa shape index (κ1) is 73.1. The Hall–Kier alpha value is -2.89. The molecule has 0 N–H and O–H groups in total. The molecule has 0 fully saturated rings. The predicted octanol–water partition coefficient (Wildman–Crippen LogP) is 22.7. The highest BCUT2D eigenvalue weighted by molar-refractivity contribution is 5.71. The van der Waals surface area contributed by atoms with Crippen molar-refractivity contribution in [2.45, 2.75) is 354 Å². The highest BCUT2D eigenvalue weighted by atomic mass is 16.6. The van der Waals surface area contributed by atoms with Crippen LogP contribution in [0.2, 0.25) is 0 Å². The molecule has 0 bridgehead atoms. The molecule has 0 aromatic carbocycles. The highest BCUT2D eigenvalue weighted by Crippen LogP contribution is 2.18. The molecule has 0 aromatic heterocycles.